The highest BCUT2D eigenvalue weighted by Gasteiger charge is 2.24. The van der Waals surface area contributed by atoms with Gasteiger partial charge in [-0.05, 0) is 25.8 Å². The number of nitrogens with one attached hydrogen (secondary N) is 1. The zero-order valence-electron chi connectivity index (χ0n) is 9.19. The minimum Gasteiger partial charge on any atom is -0.373 e. The number of hydrogen-bond acceptors (Lipinski definition) is 5. The van der Waals surface area contributed by atoms with Crippen molar-refractivity contribution in [3.05, 3.63) is 11.7 Å². The van der Waals surface area contributed by atoms with Crippen LogP contribution in [0.15, 0.2) is 4.52 Å². The number of nitrogens with zero attached hydrogens (tertiary/aromatic N) is 2. The topological polar surface area (TPSA) is 60.2 Å². The molecule has 0 spiro atoms. The van der Waals surface area contributed by atoms with Crippen LogP contribution in [0.1, 0.15) is 50.0 Å². The SMILES string of the molecule is CCC(OC)c1noc(C2CCCN2)n1. The fourth-order valence-corrected chi connectivity index (χ4v) is 1.87. The summed E-state index contributed by atoms with van der Waals surface area (Å²) in [6.45, 7) is 3.07. The molecule has 2 rings (SSSR count). The van der Waals surface area contributed by atoms with E-state index in [4.69, 9.17) is 9.26 Å². The largest absolute Gasteiger partial charge is 0.373 e. The standard InChI is InChI=1S/C10H17N3O2/c1-3-8(14-2)9-12-10(15-13-9)7-5-4-6-11-7/h7-8,11H,3-6H2,1-2H3. The molecule has 1 aliphatic rings. The Morgan fingerprint density at radius 2 is 2.53 bits per heavy atom. The van der Waals surface area contributed by atoms with E-state index >= 15 is 0 Å². The van der Waals surface area contributed by atoms with Crippen LogP contribution in [0.5, 0.6) is 0 Å². The lowest BCUT2D eigenvalue weighted by molar-refractivity contribution is 0.0903. The van der Waals surface area contributed by atoms with Crippen molar-refractivity contribution in [2.75, 3.05) is 13.7 Å². The lowest BCUT2D eigenvalue weighted by atomic mass is 10.2. The number of ether oxygens (including phenoxy) is 1. The fourth-order valence-electron chi connectivity index (χ4n) is 1.87. The molecule has 15 heavy (non-hydrogen) atoms. The van der Waals surface area contributed by atoms with Gasteiger partial charge in [-0.25, -0.2) is 0 Å². The Kier molecular flexibility index (Phi) is 3.33. The smallest absolute Gasteiger partial charge is 0.243 e. The highest BCUT2D eigenvalue weighted by molar-refractivity contribution is 4.97. The Morgan fingerprint density at radius 3 is 3.13 bits per heavy atom. The van der Waals surface area contributed by atoms with Crippen molar-refractivity contribution in [2.24, 2.45) is 0 Å². The van der Waals surface area contributed by atoms with Crippen LogP contribution >= 0.6 is 0 Å². The van der Waals surface area contributed by atoms with Crippen molar-refractivity contribution >= 4 is 0 Å². The van der Waals surface area contributed by atoms with Gasteiger partial charge in [0.05, 0.1) is 6.04 Å². The van der Waals surface area contributed by atoms with Crippen LogP contribution in [0.2, 0.25) is 0 Å². The average molecular weight is 211 g/mol. The van der Waals surface area contributed by atoms with Crippen LogP contribution in [-0.4, -0.2) is 23.8 Å². The van der Waals surface area contributed by atoms with Gasteiger partial charge >= 0.3 is 0 Å². The molecule has 1 saturated heterocycles. The number of hydrogen-bond donors (Lipinski definition) is 1. The van der Waals surface area contributed by atoms with Crippen LogP contribution in [-0.2, 0) is 4.74 Å². The van der Waals surface area contributed by atoms with E-state index in [0.717, 1.165) is 19.4 Å². The molecular formula is C10H17N3O2. The van der Waals surface area contributed by atoms with Crippen molar-refractivity contribution in [1.29, 1.82) is 0 Å². The maximum atomic E-state index is 5.26. The monoisotopic (exact) mass is 211 g/mol. The van der Waals surface area contributed by atoms with Crippen molar-refractivity contribution in [1.82, 2.24) is 15.5 Å². The molecule has 0 radical (unpaired) electrons. The second-order valence-corrected chi connectivity index (χ2v) is 3.77. The van der Waals surface area contributed by atoms with Crippen LogP contribution < -0.4 is 5.32 Å². The summed E-state index contributed by atoms with van der Waals surface area (Å²) in [6.07, 6.45) is 3.05. The Hall–Kier alpha value is -0.940. The Morgan fingerprint density at radius 1 is 1.67 bits per heavy atom. The molecule has 5 heteroatoms. The second kappa shape index (κ2) is 4.72. The van der Waals surface area contributed by atoms with Crippen molar-refractivity contribution in [3.63, 3.8) is 0 Å². The summed E-state index contributed by atoms with van der Waals surface area (Å²) in [6, 6.07) is 0.237. The van der Waals surface area contributed by atoms with E-state index in [9.17, 15) is 0 Å². The van der Waals surface area contributed by atoms with Gasteiger partial charge in [-0.1, -0.05) is 12.1 Å². The van der Waals surface area contributed by atoms with E-state index in [1.54, 1.807) is 7.11 Å². The maximum Gasteiger partial charge on any atom is 0.243 e. The first-order valence-electron chi connectivity index (χ1n) is 5.44. The summed E-state index contributed by atoms with van der Waals surface area (Å²) in [5, 5.41) is 7.28. The van der Waals surface area contributed by atoms with Crippen molar-refractivity contribution in [2.45, 2.75) is 38.3 Å². The van der Waals surface area contributed by atoms with E-state index in [0.29, 0.717) is 11.7 Å². The fraction of sp³-hybridized carbons (Fsp3) is 0.800. The Bertz CT molecular complexity index is 287. The molecule has 2 heterocycles. The first-order chi connectivity index (χ1) is 7.35. The summed E-state index contributed by atoms with van der Waals surface area (Å²) in [7, 11) is 1.66. The van der Waals surface area contributed by atoms with E-state index in [2.05, 4.69) is 15.5 Å². The summed E-state index contributed by atoms with van der Waals surface area (Å²) >= 11 is 0. The molecule has 1 fully saturated rings. The molecule has 1 aromatic rings. The summed E-state index contributed by atoms with van der Waals surface area (Å²) < 4.78 is 10.5. The summed E-state index contributed by atoms with van der Waals surface area (Å²) in [4.78, 5) is 4.37. The van der Waals surface area contributed by atoms with Crippen LogP contribution in [0.25, 0.3) is 0 Å². The molecule has 1 N–H and O–H groups in total. The van der Waals surface area contributed by atoms with Gasteiger partial charge < -0.3 is 14.6 Å². The number of aromatic nitrogens is 2. The van der Waals surface area contributed by atoms with Crippen molar-refractivity contribution < 1.29 is 9.26 Å². The summed E-state index contributed by atoms with van der Waals surface area (Å²) in [5.74, 6) is 1.35. The molecule has 1 aliphatic heterocycles. The highest BCUT2D eigenvalue weighted by atomic mass is 16.5. The van der Waals surface area contributed by atoms with E-state index in [-0.39, 0.29) is 12.1 Å². The maximum absolute atomic E-state index is 5.26. The third-order valence-corrected chi connectivity index (χ3v) is 2.76. The molecule has 0 saturated carbocycles. The lowest BCUT2D eigenvalue weighted by Gasteiger charge is -2.06. The van der Waals surface area contributed by atoms with E-state index < -0.39 is 0 Å². The predicted octanol–water partition coefficient (Wildman–Crippen LogP) is 1.59. The molecule has 0 aromatic carbocycles. The quantitative estimate of drug-likeness (QED) is 0.819. The molecule has 5 nitrogen and oxygen atoms in total. The van der Waals surface area contributed by atoms with Crippen molar-refractivity contribution in [3.8, 4) is 0 Å². The number of methoxy groups -OCH3 is 1. The zero-order chi connectivity index (χ0) is 10.7. The Labute approximate surface area is 89.2 Å². The molecular weight excluding hydrogens is 194 g/mol. The summed E-state index contributed by atoms with van der Waals surface area (Å²) in [5.41, 5.74) is 0. The van der Waals surface area contributed by atoms with E-state index in [1.165, 1.54) is 6.42 Å². The molecule has 1 aromatic heterocycles. The highest BCUT2D eigenvalue weighted by Crippen LogP contribution is 2.24. The number of rotatable bonds is 4. The molecule has 0 amide bonds. The predicted molar refractivity (Wildman–Crippen MR) is 54.3 cm³/mol. The first-order valence-corrected chi connectivity index (χ1v) is 5.44. The van der Waals surface area contributed by atoms with Gasteiger partial charge in [-0.15, -0.1) is 0 Å². The third-order valence-electron chi connectivity index (χ3n) is 2.76. The van der Waals surface area contributed by atoms with Gasteiger partial charge in [-0.3, -0.25) is 0 Å². The lowest BCUT2D eigenvalue weighted by Crippen LogP contribution is -2.13. The normalized spacial score (nSPS) is 23.2. The van der Waals surface area contributed by atoms with Gasteiger partial charge in [0.2, 0.25) is 11.7 Å². The van der Waals surface area contributed by atoms with Gasteiger partial charge in [-0.2, -0.15) is 4.98 Å². The van der Waals surface area contributed by atoms with Crippen LogP contribution in [0.4, 0.5) is 0 Å². The Balaban J connectivity index is 2.08. The van der Waals surface area contributed by atoms with Gasteiger partial charge in [0.15, 0.2) is 0 Å². The molecule has 0 bridgehead atoms. The first kappa shape index (κ1) is 10.6. The molecule has 84 valence electrons. The second-order valence-electron chi connectivity index (χ2n) is 3.77. The van der Waals surface area contributed by atoms with Crippen LogP contribution in [0, 0.1) is 0 Å². The molecule has 2 atom stereocenters. The minimum absolute atomic E-state index is 0.0519. The van der Waals surface area contributed by atoms with E-state index in [1.807, 2.05) is 6.92 Å². The van der Waals surface area contributed by atoms with Gasteiger partial charge in [0.1, 0.15) is 6.10 Å². The average Bonchev–Trinajstić information content (AvgIpc) is 2.89. The third kappa shape index (κ3) is 2.18. The van der Waals surface area contributed by atoms with Gasteiger partial charge in [0, 0.05) is 7.11 Å². The zero-order valence-corrected chi connectivity index (χ0v) is 9.19. The van der Waals surface area contributed by atoms with Crippen LogP contribution in [0.3, 0.4) is 0 Å². The molecule has 0 aliphatic carbocycles. The molecule has 2 unspecified atom stereocenters. The van der Waals surface area contributed by atoms with Gasteiger partial charge in [0.25, 0.3) is 0 Å². The minimum atomic E-state index is -0.0519.